The predicted octanol–water partition coefficient (Wildman–Crippen LogP) is 4.56. The summed E-state index contributed by atoms with van der Waals surface area (Å²) in [6.07, 6.45) is 1.64. The fraction of sp³-hybridized carbons (Fsp3) is 0.118. The summed E-state index contributed by atoms with van der Waals surface area (Å²) in [5.41, 5.74) is 0.480. The summed E-state index contributed by atoms with van der Waals surface area (Å²) in [5, 5.41) is 5.40. The van der Waals surface area contributed by atoms with Gasteiger partial charge in [0, 0.05) is 11.4 Å². The highest BCUT2D eigenvalue weighted by Gasteiger charge is 2.20. The van der Waals surface area contributed by atoms with E-state index >= 15 is 0 Å². The van der Waals surface area contributed by atoms with Crippen LogP contribution in [0.4, 0.5) is 0 Å². The average molecular weight is 332 g/mol. The number of rotatable bonds is 5. The van der Waals surface area contributed by atoms with Crippen LogP contribution < -0.4 is 5.32 Å². The highest BCUT2D eigenvalue weighted by atomic mass is 35.5. The number of amides is 1. The summed E-state index contributed by atoms with van der Waals surface area (Å²) < 4.78 is 5.51. The molecule has 112 valence electrons. The molecule has 0 spiro atoms. The normalized spacial score (nSPS) is 12.0. The molecule has 22 heavy (non-hydrogen) atoms. The molecule has 3 rings (SSSR count). The Morgan fingerprint density at radius 3 is 2.73 bits per heavy atom. The maximum Gasteiger partial charge on any atom is 0.252 e. The fourth-order valence-electron chi connectivity index (χ4n) is 2.26. The van der Waals surface area contributed by atoms with Gasteiger partial charge in [0.25, 0.3) is 5.91 Å². The lowest BCUT2D eigenvalue weighted by Crippen LogP contribution is -2.28. The number of carbonyl (C=O) groups excluding carboxylic acids is 1. The zero-order valence-corrected chi connectivity index (χ0v) is 13.2. The second-order valence-electron chi connectivity index (χ2n) is 4.77. The molecule has 0 aliphatic rings. The minimum atomic E-state index is -0.182. The second-order valence-corrected chi connectivity index (χ2v) is 6.16. The summed E-state index contributed by atoms with van der Waals surface area (Å²) in [4.78, 5) is 13.4. The van der Waals surface area contributed by atoms with Crippen LogP contribution in [-0.4, -0.2) is 12.5 Å². The van der Waals surface area contributed by atoms with Gasteiger partial charge >= 0.3 is 0 Å². The van der Waals surface area contributed by atoms with Crippen molar-refractivity contribution in [3.8, 4) is 0 Å². The third-order valence-electron chi connectivity index (χ3n) is 3.36. The van der Waals surface area contributed by atoms with Crippen molar-refractivity contribution in [1.82, 2.24) is 5.32 Å². The molecule has 1 amide bonds. The van der Waals surface area contributed by atoms with E-state index in [2.05, 4.69) is 5.32 Å². The summed E-state index contributed by atoms with van der Waals surface area (Å²) in [7, 11) is 0. The lowest BCUT2D eigenvalue weighted by atomic mass is 10.0. The van der Waals surface area contributed by atoms with E-state index < -0.39 is 0 Å². The Balaban J connectivity index is 1.75. The maximum atomic E-state index is 12.3. The van der Waals surface area contributed by atoms with E-state index in [1.165, 1.54) is 0 Å². The molecule has 1 atom stereocenters. The van der Waals surface area contributed by atoms with E-state index in [0.717, 1.165) is 10.6 Å². The number of thiophene rings is 1. The van der Waals surface area contributed by atoms with E-state index in [1.54, 1.807) is 41.9 Å². The van der Waals surface area contributed by atoms with Gasteiger partial charge in [-0.25, -0.2) is 0 Å². The number of furan rings is 1. The van der Waals surface area contributed by atoms with Crippen LogP contribution in [-0.2, 0) is 0 Å². The van der Waals surface area contributed by atoms with Gasteiger partial charge in [-0.1, -0.05) is 29.8 Å². The van der Waals surface area contributed by atoms with E-state index in [-0.39, 0.29) is 11.8 Å². The predicted molar refractivity (Wildman–Crippen MR) is 88.7 cm³/mol. The van der Waals surface area contributed by atoms with Gasteiger partial charge in [-0.3, -0.25) is 4.79 Å². The number of halogens is 1. The molecular formula is C17H14ClNO2S. The van der Waals surface area contributed by atoms with Crippen molar-refractivity contribution in [2.24, 2.45) is 0 Å². The van der Waals surface area contributed by atoms with Gasteiger partial charge in [0.2, 0.25) is 0 Å². The Bertz CT molecular complexity index is 704. The molecule has 0 saturated carbocycles. The van der Waals surface area contributed by atoms with E-state index in [1.807, 2.05) is 29.6 Å². The molecule has 0 aliphatic carbocycles. The molecule has 1 aromatic carbocycles. The van der Waals surface area contributed by atoms with Crippen LogP contribution >= 0.6 is 22.9 Å². The first-order valence-electron chi connectivity index (χ1n) is 6.85. The first-order valence-corrected chi connectivity index (χ1v) is 8.11. The Hall–Kier alpha value is -2.04. The summed E-state index contributed by atoms with van der Waals surface area (Å²) in [5.74, 6) is 0.655. The molecular weight excluding hydrogens is 318 g/mol. The lowest BCUT2D eigenvalue weighted by molar-refractivity contribution is 0.0952. The lowest BCUT2D eigenvalue weighted by Gasteiger charge is -2.14. The van der Waals surface area contributed by atoms with Gasteiger partial charge < -0.3 is 9.73 Å². The largest absolute Gasteiger partial charge is 0.469 e. The minimum absolute atomic E-state index is 0.00133. The summed E-state index contributed by atoms with van der Waals surface area (Å²) in [6, 6.07) is 14.8. The molecule has 0 saturated heterocycles. The molecule has 5 heteroatoms. The van der Waals surface area contributed by atoms with Crippen molar-refractivity contribution in [3.05, 3.63) is 81.4 Å². The van der Waals surface area contributed by atoms with Crippen molar-refractivity contribution in [2.45, 2.75) is 5.92 Å². The number of hydrogen-bond donors (Lipinski definition) is 1. The minimum Gasteiger partial charge on any atom is -0.469 e. The molecule has 3 nitrogen and oxygen atoms in total. The van der Waals surface area contributed by atoms with Gasteiger partial charge in [0.1, 0.15) is 5.76 Å². The Morgan fingerprint density at radius 2 is 2.05 bits per heavy atom. The van der Waals surface area contributed by atoms with Gasteiger partial charge in [-0.15, -0.1) is 11.3 Å². The van der Waals surface area contributed by atoms with E-state index in [0.29, 0.717) is 17.1 Å². The average Bonchev–Trinajstić information content (AvgIpc) is 3.21. The SMILES string of the molecule is O=C(NC[C@@H](c1ccco1)c1cccs1)c1ccccc1Cl. The van der Waals surface area contributed by atoms with Gasteiger partial charge in [-0.05, 0) is 35.7 Å². The van der Waals surface area contributed by atoms with Crippen LogP contribution in [0.15, 0.2) is 64.6 Å². The topological polar surface area (TPSA) is 42.2 Å². The van der Waals surface area contributed by atoms with Gasteiger partial charge in [0.15, 0.2) is 0 Å². The van der Waals surface area contributed by atoms with Crippen molar-refractivity contribution >= 4 is 28.8 Å². The Kier molecular flexibility index (Phi) is 4.61. The van der Waals surface area contributed by atoms with Crippen LogP contribution in [0.1, 0.15) is 26.9 Å². The van der Waals surface area contributed by atoms with Crippen molar-refractivity contribution < 1.29 is 9.21 Å². The monoisotopic (exact) mass is 331 g/mol. The zero-order chi connectivity index (χ0) is 15.4. The smallest absolute Gasteiger partial charge is 0.252 e. The quantitative estimate of drug-likeness (QED) is 0.745. The molecule has 0 unspecified atom stereocenters. The third kappa shape index (κ3) is 3.24. The van der Waals surface area contributed by atoms with Gasteiger partial charge in [-0.2, -0.15) is 0 Å². The number of carbonyl (C=O) groups is 1. The second kappa shape index (κ2) is 6.81. The highest BCUT2D eigenvalue weighted by Crippen LogP contribution is 2.28. The fourth-order valence-corrected chi connectivity index (χ4v) is 3.31. The highest BCUT2D eigenvalue weighted by molar-refractivity contribution is 7.10. The van der Waals surface area contributed by atoms with Crippen LogP contribution in [0.3, 0.4) is 0 Å². The zero-order valence-electron chi connectivity index (χ0n) is 11.7. The summed E-state index contributed by atoms with van der Waals surface area (Å²) in [6.45, 7) is 0.456. The molecule has 1 N–H and O–H groups in total. The van der Waals surface area contributed by atoms with Gasteiger partial charge in [0.05, 0.1) is 22.8 Å². The molecule has 3 aromatic rings. The van der Waals surface area contributed by atoms with Crippen LogP contribution in [0.2, 0.25) is 5.02 Å². The van der Waals surface area contributed by atoms with Crippen molar-refractivity contribution in [1.29, 1.82) is 0 Å². The Morgan fingerprint density at radius 1 is 1.18 bits per heavy atom. The summed E-state index contributed by atoms with van der Waals surface area (Å²) >= 11 is 7.70. The maximum absolute atomic E-state index is 12.3. The van der Waals surface area contributed by atoms with Crippen LogP contribution in [0.25, 0.3) is 0 Å². The number of hydrogen-bond acceptors (Lipinski definition) is 3. The molecule has 0 fully saturated rings. The van der Waals surface area contributed by atoms with Crippen LogP contribution in [0.5, 0.6) is 0 Å². The number of benzene rings is 1. The van der Waals surface area contributed by atoms with Crippen molar-refractivity contribution in [2.75, 3.05) is 6.54 Å². The molecule has 0 aliphatic heterocycles. The van der Waals surface area contributed by atoms with E-state index in [9.17, 15) is 4.79 Å². The van der Waals surface area contributed by atoms with Crippen LogP contribution in [0, 0.1) is 0 Å². The van der Waals surface area contributed by atoms with Crippen molar-refractivity contribution in [3.63, 3.8) is 0 Å². The van der Waals surface area contributed by atoms with E-state index in [4.69, 9.17) is 16.0 Å². The number of nitrogens with one attached hydrogen (secondary N) is 1. The molecule has 0 bridgehead atoms. The molecule has 2 heterocycles. The molecule has 0 radical (unpaired) electrons. The molecule has 2 aromatic heterocycles. The Labute approximate surface area is 137 Å². The third-order valence-corrected chi connectivity index (χ3v) is 4.67. The first-order chi connectivity index (χ1) is 10.8. The standard InChI is InChI=1S/C17H14ClNO2S/c18-14-6-2-1-5-12(14)17(20)19-11-13(15-7-3-9-21-15)16-8-4-10-22-16/h1-10,13H,11H2,(H,19,20)/t13-/m0/s1. The first kappa shape index (κ1) is 14.9.